The van der Waals surface area contributed by atoms with Gasteiger partial charge in [-0.3, -0.25) is 9.69 Å². The molecule has 17 heavy (non-hydrogen) atoms. The highest BCUT2D eigenvalue weighted by molar-refractivity contribution is 7.89. The zero-order chi connectivity index (χ0) is 13.1. The van der Waals surface area contributed by atoms with Crippen LogP contribution in [0.1, 0.15) is 13.8 Å². The molecule has 6 nitrogen and oxygen atoms in total. The van der Waals surface area contributed by atoms with E-state index in [0.29, 0.717) is 32.7 Å². The molecule has 1 aliphatic heterocycles. The highest BCUT2D eigenvalue weighted by atomic mass is 32.2. The molecule has 0 aromatic carbocycles. The summed E-state index contributed by atoms with van der Waals surface area (Å²) in [5, 5.41) is 8.80. The Bertz CT molecular complexity index is 361. The van der Waals surface area contributed by atoms with Crippen molar-refractivity contribution in [2.24, 2.45) is 5.92 Å². The van der Waals surface area contributed by atoms with Gasteiger partial charge in [0.25, 0.3) is 0 Å². The summed E-state index contributed by atoms with van der Waals surface area (Å²) in [5.41, 5.74) is 0. The Morgan fingerprint density at radius 1 is 1.29 bits per heavy atom. The van der Waals surface area contributed by atoms with Gasteiger partial charge in [0.1, 0.15) is 0 Å². The molecule has 1 unspecified atom stereocenters. The first-order valence-corrected chi connectivity index (χ1v) is 7.40. The number of sulfonamides is 1. The van der Waals surface area contributed by atoms with Crippen LogP contribution in [0.4, 0.5) is 0 Å². The van der Waals surface area contributed by atoms with Crippen LogP contribution >= 0.6 is 0 Å². The monoisotopic (exact) mass is 264 g/mol. The Kier molecular flexibility index (Phi) is 4.91. The molecule has 1 aliphatic rings. The standard InChI is InChI=1S/C10H20N2O4S/c1-3-17(15,16)12-6-4-11(5-7-12)8-9(2)10(13)14/h9H,3-8H2,1-2H3,(H,13,14). The summed E-state index contributed by atoms with van der Waals surface area (Å²) in [4.78, 5) is 12.7. The number of rotatable bonds is 5. The molecule has 1 atom stereocenters. The smallest absolute Gasteiger partial charge is 0.307 e. The maximum Gasteiger partial charge on any atom is 0.307 e. The van der Waals surface area contributed by atoms with E-state index in [-0.39, 0.29) is 5.75 Å². The fraction of sp³-hybridized carbons (Fsp3) is 0.900. The molecular weight excluding hydrogens is 244 g/mol. The van der Waals surface area contributed by atoms with E-state index in [4.69, 9.17) is 5.11 Å². The van der Waals surface area contributed by atoms with Crippen molar-refractivity contribution in [3.63, 3.8) is 0 Å². The fourth-order valence-corrected chi connectivity index (χ4v) is 2.92. The Balaban J connectivity index is 2.44. The average Bonchev–Trinajstić information content (AvgIpc) is 2.29. The van der Waals surface area contributed by atoms with Crippen molar-refractivity contribution in [2.45, 2.75) is 13.8 Å². The minimum absolute atomic E-state index is 0.124. The van der Waals surface area contributed by atoms with Crippen molar-refractivity contribution in [3.05, 3.63) is 0 Å². The highest BCUT2D eigenvalue weighted by Crippen LogP contribution is 2.09. The maximum absolute atomic E-state index is 11.6. The van der Waals surface area contributed by atoms with E-state index < -0.39 is 21.9 Å². The molecule has 0 spiro atoms. The van der Waals surface area contributed by atoms with E-state index in [1.807, 2.05) is 4.90 Å². The van der Waals surface area contributed by atoms with E-state index in [2.05, 4.69) is 0 Å². The number of piperazine rings is 1. The van der Waals surface area contributed by atoms with E-state index in [1.165, 1.54) is 4.31 Å². The van der Waals surface area contributed by atoms with Gasteiger partial charge in [0.15, 0.2) is 0 Å². The van der Waals surface area contributed by atoms with Gasteiger partial charge in [-0.2, -0.15) is 4.31 Å². The van der Waals surface area contributed by atoms with E-state index in [0.717, 1.165) is 0 Å². The molecule has 1 heterocycles. The summed E-state index contributed by atoms with van der Waals surface area (Å²) < 4.78 is 24.7. The van der Waals surface area contributed by atoms with Gasteiger partial charge < -0.3 is 5.11 Å². The predicted molar refractivity (Wildman–Crippen MR) is 64.3 cm³/mol. The molecule has 0 aliphatic carbocycles. The predicted octanol–water partition coefficient (Wildman–Crippen LogP) is -0.326. The summed E-state index contributed by atoms with van der Waals surface area (Å²) in [5.74, 6) is -1.10. The molecule has 1 rings (SSSR count). The van der Waals surface area contributed by atoms with Crippen molar-refractivity contribution in [2.75, 3.05) is 38.5 Å². The third-order valence-electron chi connectivity index (χ3n) is 3.04. The number of carboxylic acids is 1. The summed E-state index contributed by atoms with van der Waals surface area (Å²) in [7, 11) is -3.10. The molecule has 1 saturated heterocycles. The lowest BCUT2D eigenvalue weighted by Crippen LogP contribution is -2.50. The lowest BCUT2D eigenvalue weighted by molar-refractivity contribution is -0.141. The number of nitrogens with zero attached hydrogens (tertiary/aromatic N) is 2. The number of carbonyl (C=O) groups is 1. The quantitative estimate of drug-likeness (QED) is 0.736. The van der Waals surface area contributed by atoms with E-state index in [9.17, 15) is 13.2 Å². The normalized spacial score (nSPS) is 21.3. The number of hydrogen-bond acceptors (Lipinski definition) is 4. The van der Waals surface area contributed by atoms with Crippen molar-refractivity contribution in [1.29, 1.82) is 0 Å². The highest BCUT2D eigenvalue weighted by Gasteiger charge is 2.26. The number of aliphatic carboxylic acids is 1. The lowest BCUT2D eigenvalue weighted by atomic mass is 10.1. The Hall–Kier alpha value is -0.660. The molecule has 0 bridgehead atoms. The Labute approximate surface area is 102 Å². The van der Waals surface area contributed by atoms with Gasteiger partial charge in [-0.25, -0.2) is 8.42 Å². The molecule has 1 N–H and O–H groups in total. The van der Waals surface area contributed by atoms with Crippen LogP contribution in [-0.2, 0) is 14.8 Å². The second-order valence-corrected chi connectivity index (χ2v) is 6.60. The van der Waals surface area contributed by atoms with Crippen LogP contribution in [0.5, 0.6) is 0 Å². The van der Waals surface area contributed by atoms with Crippen LogP contribution in [0.2, 0.25) is 0 Å². The summed E-state index contributed by atoms with van der Waals surface area (Å²) in [6.07, 6.45) is 0. The average molecular weight is 264 g/mol. The first kappa shape index (κ1) is 14.4. The van der Waals surface area contributed by atoms with Gasteiger partial charge in [-0.15, -0.1) is 0 Å². The van der Waals surface area contributed by atoms with Gasteiger partial charge in [0, 0.05) is 32.7 Å². The third-order valence-corrected chi connectivity index (χ3v) is 4.92. The van der Waals surface area contributed by atoms with Gasteiger partial charge in [-0.05, 0) is 6.92 Å². The van der Waals surface area contributed by atoms with Gasteiger partial charge in [-0.1, -0.05) is 6.92 Å². The molecule has 0 aromatic rings. The zero-order valence-electron chi connectivity index (χ0n) is 10.3. The van der Waals surface area contributed by atoms with Gasteiger partial charge in [0.2, 0.25) is 10.0 Å². The summed E-state index contributed by atoms with van der Waals surface area (Å²) in [6.45, 7) is 5.92. The molecule has 7 heteroatoms. The van der Waals surface area contributed by atoms with Crippen LogP contribution in [0.3, 0.4) is 0 Å². The van der Waals surface area contributed by atoms with Crippen molar-refractivity contribution >= 4 is 16.0 Å². The number of hydrogen-bond donors (Lipinski definition) is 1. The summed E-state index contributed by atoms with van der Waals surface area (Å²) in [6, 6.07) is 0. The second-order valence-electron chi connectivity index (χ2n) is 4.34. The minimum Gasteiger partial charge on any atom is -0.481 e. The van der Waals surface area contributed by atoms with Gasteiger partial charge >= 0.3 is 5.97 Å². The first-order valence-electron chi connectivity index (χ1n) is 5.79. The Morgan fingerprint density at radius 2 is 1.82 bits per heavy atom. The van der Waals surface area contributed by atoms with Crippen LogP contribution in [-0.4, -0.2) is 67.2 Å². The van der Waals surface area contributed by atoms with Gasteiger partial charge in [0.05, 0.1) is 11.7 Å². The third kappa shape index (κ3) is 3.93. The molecule has 0 saturated carbocycles. The van der Waals surface area contributed by atoms with E-state index in [1.54, 1.807) is 13.8 Å². The molecule has 0 aromatic heterocycles. The van der Waals surface area contributed by atoms with Crippen LogP contribution in [0.25, 0.3) is 0 Å². The minimum atomic E-state index is -3.10. The van der Waals surface area contributed by atoms with Crippen LogP contribution in [0.15, 0.2) is 0 Å². The molecular formula is C10H20N2O4S. The molecule has 0 amide bonds. The molecule has 100 valence electrons. The molecule has 0 radical (unpaired) electrons. The van der Waals surface area contributed by atoms with E-state index >= 15 is 0 Å². The molecule has 1 fully saturated rings. The topological polar surface area (TPSA) is 77.9 Å². The SMILES string of the molecule is CCS(=O)(=O)N1CCN(CC(C)C(=O)O)CC1. The fourth-order valence-electron chi connectivity index (χ4n) is 1.84. The van der Waals surface area contributed by atoms with Crippen molar-refractivity contribution in [1.82, 2.24) is 9.21 Å². The van der Waals surface area contributed by atoms with Crippen molar-refractivity contribution in [3.8, 4) is 0 Å². The van der Waals surface area contributed by atoms with Crippen LogP contribution in [0, 0.1) is 5.92 Å². The summed E-state index contributed by atoms with van der Waals surface area (Å²) >= 11 is 0. The van der Waals surface area contributed by atoms with Crippen molar-refractivity contribution < 1.29 is 18.3 Å². The largest absolute Gasteiger partial charge is 0.481 e. The van der Waals surface area contributed by atoms with Crippen LogP contribution < -0.4 is 0 Å². The maximum atomic E-state index is 11.6. The second kappa shape index (κ2) is 5.79. The Morgan fingerprint density at radius 3 is 2.24 bits per heavy atom. The number of carboxylic acid groups (broad SMARTS) is 1. The lowest BCUT2D eigenvalue weighted by Gasteiger charge is -2.34. The first-order chi connectivity index (χ1) is 7.86. The zero-order valence-corrected chi connectivity index (χ0v) is 11.1.